The third-order valence-corrected chi connectivity index (χ3v) is 4.63. The molecule has 6 nitrogen and oxygen atoms in total. The van der Waals surface area contributed by atoms with Gasteiger partial charge in [-0.2, -0.15) is 0 Å². The number of anilines is 1. The minimum absolute atomic E-state index is 0.122. The number of carbonyl (C=O) groups is 1. The van der Waals surface area contributed by atoms with Gasteiger partial charge in [0.05, 0.1) is 11.4 Å². The van der Waals surface area contributed by atoms with Gasteiger partial charge >= 0.3 is 0 Å². The van der Waals surface area contributed by atoms with E-state index in [1.807, 2.05) is 19.1 Å². The number of amides is 1. The molecule has 1 heterocycles. The van der Waals surface area contributed by atoms with Crippen molar-refractivity contribution in [2.24, 2.45) is 7.05 Å². The van der Waals surface area contributed by atoms with Crippen LogP contribution in [-0.4, -0.2) is 31.9 Å². The van der Waals surface area contributed by atoms with Crippen molar-refractivity contribution in [1.29, 1.82) is 0 Å². The number of halogens is 2. The first-order valence-corrected chi connectivity index (χ1v) is 8.15. The molecule has 0 atom stereocenters. The third kappa shape index (κ3) is 3.80. The van der Waals surface area contributed by atoms with Gasteiger partial charge in [-0.3, -0.25) is 4.79 Å². The van der Waals surface area contributed by atoms with Gasteiger partial charge < -0.3 is 5.32 Å². The van der Waals surface area contributed by atoms with E-state index < -0.39 is 0 Å². The highest BCUT2D eigenvalue weighted by Crippen LogP contribution is 2.32. The molecule has 1 aromatic carbocycles. The third-order valence-electron chi connectivity index (χ3n) is 2.36. The number of hydrogen-bond donors (Lipinski definition) is 1. The Morgan fingerprint density at radius 1 is 1.40 bits per heavy atom. The molecule has 1 aromatic heterocycles. The smallest absolute Gasteiger partial charge is 0.234 e. The lowest BCUT2D eigenvalue weighted by atomic mass is 10.2. The van der Waals surface area contributed by atoms with Gasteiger partial charge in [0.2, 0.25) is 11.1 Å². The van der Waals surface area contributed by atoms with E-state index in [0.717, 1.165) is 20.2 Å². The molecule has 0 aliphatic heterocycles. The van der Waals surface area contributed by atoms with Crippen LogP contribution in [0.1, 0.15) is 5.56 Å². The van der Waals surface area contributed by atoms with E-state index in [2.05, 4.69) is 52.7 Å². The van der Waals surface area contributed by atoms with Crippen LogP contribution < -0.4 is 5.32 Å². The molecule has 2 rings (SSSR count). The SMILES string of the molecule is Cc1cc(Br)c(NC(=O)CSc2nnnn2C)c(Br)c1. The van der Waals surface area contributed by atoms with Crippen LogP contribution in [0.4, 0.5) is 5.69 Å². The molecule has 0 saturated heterocycles. The summed E-state index contributed by atoms with van der Waals surface area (Å²) in [7, 11) is 1.73. The molecule has 0 fully saturated rings. The van der Waals surface area contributed by atoms with Crippen molar-refractivity contribution in [3.05, 3.63) is 26.6 Å². The Morgan fingerprint density at radius 3 is 2.60 bits per heavy atom. The summed E-state index contributed by atoms with van der Waals surface area (Å²) in [5, 5.41) is 14.5. The van der Waals surface area contributed by atoms with Crippen LogP contribution in [0.2, 0.25) is 0 Å². The quantitative estimate of drug-likeness (QED) is 0.770. The Hall–Kier alpha value is -0.930. The molecule has 1 N–H and O–H groups in total. The van der Waals surface area contributed by atoms with E-state index in [-0.39, 0.29) is 11.7 Å². The normalized spacial score (nSPS) is 10.6. The van der Waals surface area contributed by atoms with Gasteiger partial charge in [0.25, 0.3) is 0 Å². The van der Waals surface area contributed by atoms with Crippen molar-refractivity contribution in [1.82, 2.24) is 20.2 Å². The highest BCUT2D eigenvalue weighted by atomic mass is 79.9. The van der Waals surface area contributed by atoms with Crippen LogP contribution in [0.25, 0.3) is 0 Å². The topological polar surface area (TPSA) is 72.7 Å². The zero-order chi connectivity index (χ0) is 14.7. The summed E-state index contributed by atoms with van der Waals surface area (Å²) in [5.74, 6) is 0.115. The Kier molecular flexibility index (Phi) is 5.17. The van der Waals surface area contributed by atoms with Crippen molar-refractivity contribution in [3.63, 3.8) is 0 Å². The van der Waals surface area contributed by atoms with Crippen molar-refractivity contribution < 1.29 is 4.79 Å². The van der Waals surface area contributed by atoms with Crippen molar-refractivity contribution in [3.8, 4) is 0 Å². The fourth-order valence-electron chi connectivity index (χ4n) is 1.47. The van der Waals surface area contributed by atoms with Gasteiger partial charge in [0.1, 0.15) is 0 Å². The van der Waals surface area contributed by atoms with Crippen molar-refractivity contribution >= 4 is 55.2 Å². The van der Waals surface area contributed by atoms with Crippen molar-refractivity contribution in [2.75, 3.05) is 11.1 Å². The predicted octanol–water partition coefficient (Wildman–Crippen LogP) is 2.77. The molecule has 0 aliphatic carbocycles. The molecule has 0 unspecified atom stereocenters. The lowest BCUT2D eigenvalue weighted by Crippen LogP contribution is -2.15. The summed E-state index contributed by atoms with van der Waals surface area (Å²) in [6.45, 7) is 1.98. The van der Waals surface area contributed by atoms with E-state index in [4.69, 9.17) is 0 Å². The number of nitrogens with zero attached hydrogens (tertiary/aromatic N) is 4. The summed E-state index contributed by atoms with van der Waals surface area (Å²) in [6.07, 6.45) is 0. The summed E-state index contributed by atoms with van der Waals surface area (Å²) in [4.78, 5) is 12.0. The fourth-order valence-corrected chi connectivity index (χ4v) is 3.73. The molecule has 9 heteroatoms. The molecule has 0 spiro atoms. The highest BCUT2D eigenvalue weighted by molar-refractivity contribution is 9.11. The van der Waals surface area contributed by atoms with Gasteiger partial charge in [-0.15, -0.1) is 5.10 Å². The monoisotopic (exact) mass is 419 g/mol. The Balaban J connectivity index is 2.00. The second-order valence-corrected chi connectivity index (χ2v) is 6.68. The average Bonchev–Trinajstić information content (AvgIpc) is 2.77. The first-order valence-electron chi connectivity index (χ1n) is 5.58. The van der Waals surface area contributed by atoms with E-state index >= 15 is 0 Å². The molecule has 1 amide bonds. The van der Waals surface area contributed by atoms with Crippen LogP contribution in [0, 0.1) is 6.92 Å². The zero-order valence-electron chi connectivity index (χ0n) is 10.7. The largest absolute Gasteiger partial charge is 0.323 e. The van der Waals surface area contributed by atoms with E-state index in [9.17, 15) is 4.79 Å². The number of nitrogens with one attached hydrogen (secondary N) is 1. The van der Waals surface area contributed by atoms with Crippen LogP contribution in [-0.2, 0) is 11.8 Å². The number of thioether (sulfide) groups is 1. The average molecular weight is 421 g/mol. The summed E-state index contributed by atoms with van der Waals surface area (Å²) in [5.41, 5.74) is 1.82. The van der Waals surface area contributed by atoms with Gasteiger partial charge in [-0.25, -0.2) is 4.68 Å². The number of aryl methyl sites for hydroxylation is 2. The lowest BCUT2D eigenvalue weighted by Gasteiger charge is -2.10. The highest BCUT2D eigenvalue weighted by Gasteiger charge is 2.12. The Morgan fingerprint density at radius 2 is 2.05 bits per heavy atom. The van der Waals surface area contributed by atoms with E-state index in [1.165, 1.54) is 16.4 Å². The van der Waals surface area contributed by atoms with Crippen molar-refractivity contribution in [2.45, 2.75) is 12.1 Å². The number of carbonyl (C=O) groups excluding carboxylic acids is 1. The molecule has 2 aromatic rings. The predicted molar refractivity (Wildman–Crippen MR) is 84.7 cm³/mol. The maximum Gasteiger partial charge on any atom is 0.234 e. The van der Waals surface area contributed by atoms with E-state index in [1.54, 1.807) is 7.05 Å². The molecular weight excluding hydrogens is 410 g/mol. The molecular formula is C11H11Br2N5OS. The number of benzene rings is 1. The van der Waals surface area contributed by atoms with E-state index in [0.29, 0.717) is 5.16 Å². The first kappa shape index (κ1) is 15.5. The van der Waals surface area contributed by atoms with Gasteiger partial charge in [0.15, 0.2) is 0 Å². The fraction of sp³-hybridized carbons (Fsp3) is 0.273. The molecule has 106 valence electrons. The van der Waals surface area contributed by atoms with Crippen LogP contribution in [0.15, 0.2) is 26.2 Å². The molecule has 20 heavy (non-hydrogen) atoms. The Bertz CT molecular complexity index is 622. The van der Waals surface area contributed by atoms with Gasteiger partial charge in [-0.1, -0.05) is 11.8 Å². The number of aromatic nitrogens is 4. The maximum absolute atomic E-state index is 12.0. The molecule has 0 bridgehead atoms. The number of tetrazole rings is 1. The standard InChI is InChI=1S/C11H11Br2N5OS/c1-6-3-7(12)10(8(13)4-6)14-9(19)5-20-11-15-16-17-18(11)2/h3-4H,5H2,1-2H3,(H,14,19). The molecule has 0 aliphatic rings. The lowest BCUT2D eigenvalue weighted by molar-refractivity contribution is -0.113. The van der Waals surface area contributed by atoms with Crippen LogP contribution >= 0.6 is 43.6 Å². The first-order chi connectivity index (χ1) is 9.47. The summed E-state index contributed by atoms with van der Waals surface area (Å²) >= 11 is 8.16. The summed E-state index contributed by atoms with van der Waals surface area (Å²) in [6, 6.07) is 3.89. The molecule has 0 radical (unpaired) electrons. The van der Waals surface area contributed by atoms with Crippen LogP contribution in [0.3, 0.4) is 0 Å². The number of rotatable bonds is 4. The van der Waals surface area contributed by atoms with Crippen LogP contribution in [0.5, 0.6) is 0 Å². The zero-order valence-corrected chi connectivity index (χ0v) is 14.7. The molecule has 0 saturated carbocycles. The summed E-state index contributed by atoms with van der Waals surface area (Å²) < 4.78 is 3.20. The van der Waals surface area contributed by atoms with Gasteiger partial charge in [-0.05, 0) is 66.9 Å². The second-order valence-electron chi connectivity index (χ2n) is 4.03. The second kappa shape index (κ2) is 6.68. The van der Waals surface area contributed by atoms with Gasteiger partial charge in [0, 0.05) is 16.0 Å². The number of hydrogen-bond acceptors (Lipinski definition) is 5. The Labute approximate surface area is 137 Å². The minimum Gasteiger partial charge on any atom is -0.323 e. The maximum atomic E-state index is 12.0. The minimum atomic E-state index is -0.122.